The maximum Gasteiger partial charge on any atom is 0.317 e. The zero-order valence-electron chi connectivity index (χ0n) is 12.3. The number of carbonyl (C=O) groups is 2. The molecule has 2 rings (SSSR count). The van der Waals surface area contributed by atoms with Gasteiger partial charge in [0.05, 0.1) is 6.61 Å². The Morgan fingerprint density at radius 2 is 1.68 bits per heavy atom. The highest BCUT2D eigenvalue weighted by atomic mass is 35.5. The van der Waals surface area contributed by atoms with Crippen LogP contribution < -0.4 is 0 Å². The normalized spacial score (nSPS) is 11.7. The Hall–Kier alpha value is -2.13. The summed E-state index contributed by atoms with van der Waals surface area (Å²) in [7, 11) is 0. The lowest BCUT2D eigenvalue weighted by Gasteiger charge is -2.15. The third-order valence-electron chi connectivity index (χ3n) is 3.33. The molecule has 0 saturated heterocycles. The van der Waals surface area contributed by atoms with E-state index >= 15 is 0 Å². The number of ketones is 1. The second-order valence-electron chi connectivity index (χ2n) is 4.83. The Balaban J connectivity index is 2.29. The molecule has 22 heavy (non-hydrogen) atoms. The van der Waals surface area contributed by atoms with Gasteiger partial charge in [-0.15, -0.1) is 0 Å². The lowest BCUT2D eigenvalue weighted by Crippen LogP contribution is -2.28. The van der Waals surface area contributed by atoms with Crippen LogP contribution in [0, 0.1) is 5.92 Å². The Labute approximate surface area is 134 Å². The number of hydrogen-bond donors (Lipinski definition) is 0. The molecule has 0 saturated carbocycles. The number of benzene rings is 2. The molecule has 0 heterocycles. The molecule has 114 valence electrons. The Morgan fingerprint density at radius 1 is 1.05 bits per heavy atom. The summed E-state index contributed by atoms with van der Waals surface area (Å²) in [6, 6.07) is 15.9. The summed E-state index contributed by atoms with van der Waals surface area (Å²) in [5.74, 6) is -1.66. The van der Waals surface area contributed by atoms with E-state index in [-0.39, 0.29) is 18.8 Å². The third kappa shape index (κ3) is 3.95. The Bertz CT molecular complexity index is 652. The van der Waals surface area contributed by atoms with Gasteiger partial charge in [-0.2, -0.15) is 0 Å². The third-order valence-corrected chi connectivity index (χ3v) is 3.70. The zero-order chi connectivity index (χ0) is 15.9. The van der Waals surface area contributed by atoms with Crippen LogP contribution in [0.15, 0.2) is 54.6 Å². The number of ether oxygens (including phenoxy) is 1. The average molecular weight is 317 g/mol. The first-order chi connectivity index (χ1) is 10.6. The van der Waals surface area contributed by atoms with Gasteiger partial charge in [0.1, 0.15) is 5.92 Å². The van der Waals surface area contributed by atoms with Crippen LogP contribution in [0.2, 0.25) is 5.02 Å². The van der Waals surface area contributed by atoms with Crippen LogP contribution >= 0.6 is 11.6 Å². The van der Waals surface area contributed by atoms with Crippen LogP contribution in [0.3, 0.4) is 0 Å². The van der Waals surface area contributed by atoms with E-state index < -0.39 is 11.9 Å². The van der Waals surface area contributed by atoms with Crippen molar-refractivity contribution in [1.29, 1.82) is 0 Å². The fraction of sp³-hybridized carbons (Fsp3) is 0.222. The lowest BCUT2D eigenvalue weighted by atomic mass is 9.91. The van der Waals surface area contributed by atoms with Crippen molar-refractivity contribution < 1.29 is 14.3 Å². The van der Waals surface area contributed by atoms with Crippen LogP contribution in [-0.2, 0) is 16.0 Å². The molecule has 0 aliphatic carbocycles. The monoisotopic (exact) mass is 316 g/mol. The second-order valence-corrected chi connectivity index (χ2v) is 5.24. The molecule has 0 bridgehead atoms. The summed E-state index contributed by atoms with van der Waals surface area (Å²) in [5.41, 5.74) is 1.25. The Kier molecular flexibility index (Phi) is 5.73. The van der Waals surface area contributed by atoms with Crippen LogP contribution in [0.5, 0.6) is 0 Å². The molecule has 4 heteroatoms. The van der Waals surface area contributed by atoms with Gasteiger partial charge in [0.25, 0.3) is 0 Å². The Morgan fingerprint density at radius 3 is 2.32 bits per heavy atom. The van der Waals surface area contributed by atoms with Crippen LogP contribution in [0.25, 0.3) is 0 Å². The summed E-state index contributed by atoms with van der Waals surface area (Å²) >= 11 is 6.14. The number of rotatable bonds is 6. The van der Waals surface area contributed by atoms with Gasteiger partial charge in [-0.3, -0.25) is 9.59 Å². The molecule has 1 unspecified atom stereocenters. The molecule has 0 spiro atoms. The highest BCUT2D eigenvalue weighted by Crippen LogP contribution is 2.22. The quantitative estimate of drug-likeness (QED) is 0.460. The molecule has 0 radical (unpaired) electrons. The number of halogens is 1. The molecule has 0 N–H and O–H groups in total. The van der Waals surface area contributed by atoms with E-state index in [1.165, 1.54) is 0 Å². The number of carbonyl (C=O) groups excluding carboxylic acids is 2. The minimum atomic E-state index is -0.887. The van der Waals surface area contributed by atoms with Gasteiger partial charge >= 0.3 is 5.97 Å². The van der Waals surface area contributed by atoms with Gasteiger partial charge in [-0.1, -0.05) is 60.1 Å². The first-order valence-electron chi connectivity index (χ1n) is 7.12. The summed E-state index contributed by atoms with van der Waals surface area (Å²) in [4.78, 5) is 24.8. The molecule has 3 nitrogen and oxygen atoms in total. The molecular formula is C18H17ClO3. The number of Topliss-reactive ketones (excluding diaryl/α,β-unsaturated/α-hetero) is 1. The van der Waals surface area contributed by atoms with Gasteiger partial charge in [0.15, 0.2) is 5.78 Å². The lowest BCUT2D eigenvalue weighted by molar-refractivity contribution is -0.146. The predicted molar refractivity (Wildman–Crippen MR) is 86.1 cm³/mol. The summed E-state index contributed by atoms with van der Waals surface area (Å²) < 4.78 is 5.06. The van der Waals surface area contributed by atoms with Crippen molar-refractivity contribution in [1.82, 2.24) is 0 Å². The van der Waals surface area contributed by atoms with E-state index in [2.05, 4.69) is 0 Å². The van der Waals surface area contributed by atoms with Crippen LogP contribution in [-0.4, -0.2) is 18.4 Å². The minimum Gasteiger partial charge on any atom is -0.465 e. The van der Waals surface area contributed by atoms with Crippen molar-refractivity contribution in [2.75, 3.05) is 6.61 Å². The van der Waals surface area contributed by atoms with Crippen molar-refractivity contribution in [2.24, 2.45) is 5.92 Å². The molecule has 0 aromatic heterocycles. The van der Waals surface area contributed by atoms with Crippen molar-refractivity contribution in [3.63, 3.8) is 0 Å². The largest absolute Gasteiger partial charge is 0.465 e. The van der Waals surface area contributed by atoms with Crippen LogP contribution in [0.4, 0.5) is 0 Å². The summed E-state index contributed by atoms with van der Waals surface area (Å²) in [5, 5.41) is 0.540. The maximum atomic E-state index is 12.6. The van der Waals surface area contributed by atoms with E-state index in [9.17, 15) is 9.59 Å². The van der Waals surface area contributed by atoms with E-state index in [1.54, 1.807) is 37.3 Å². The van der Waals surface area contributed by atoms with Gasteiger partial charge in [0, 0.05) is 10.6 Å². The van der Waals surface area contributed by atoms with Crippen molar-refractivity contribution >= 4 is 23.4 Å². The molecule has 1 atom stereocenters. The molecule has 0 aliphatic heterocycles. The molecule has 0 fully saturated rings. The summed E-state index contributed by atoms with van der Waals surface area (Å²) in [6.45, 7) is 1.96. The SMILES string of the molecule is CCOC(=O)C(Cc1ccccc1Cl)C(=O)c1ccccc1. The zero-order valence-corrected chi connectivity index (χ0v) is 13.0. The first-order valence-corrected chi connectivity index (χ1v) is 7.50. The smallest absolute Gasteiger partial charge is 0.317 e. The van der Waals surface area contributed by atoms with Gasteiger partial charge in [0.2, 0.25) is 0 Å². The van der Waals surface area contributed by atoms with E-state index in [0.717, 1.165) is 5.56 Å². The second kappa shape index (κ2) is 7.76. The van der Waals surface area contributed by atoms with Gasteiger partial charge in [-0.25, -0.2) is 0 Å². The van der Waals surface area contributed by atoms with E-state index in [1.807, 2.05) is 24.3 Å². The van der Waals surface area contributed by atoms with E-state index in [4.69, 9.17) is 16.3 Å². The van der Waals surface area contributed by atoms with Crippen molar-refractivity contribution in [2.45, 2.75) is 13.3 Å². The van der Waals surface area contributed by atoms with Crippen molar-refractivity contribution in [3.05, 3.63) is 70.7 Å². The highest BCUT2D eigenvalue weighted by molar-refractivity contribution is 6.31. The fourth-order valence-electron chi connectivity index (χ4n) is 2.21. The number of hydrogen-bond acceptors (Lipinski definition) is 3. The average Bonchev–Trinajstić information content (AvgIpc) is 2.54. The molecule has 0 amide bonds. The molecule has 0 aliphatic rings. The molecular weight excluding hydrogens is 300 g/mol. The topological polar surface area (TPSA) is 43.4 Å². The van der Waals surface area contributed by atoms with Crippen molar-refractivity contribution in [3.8, 4) is 0 Å². The summed E-state index contributed by atoms with van der Waals surface area (Å²) in [6.07, 6.45) is 0.228. The predicted octanol–water partition coefficient (Wildman–Crippen LogP) is 3.94. The molecule has 2 aromatic carbocycles. The highest BCUT2D eigenvalue weighted by Gasteiger charge is 2.29. The van der Waals surface area contributed by atoms with Gasteiger partial charge < -0.3 is 4.74 Å². The van der Waals surface area contributed by atoms with Crippen LogP contribution in [0.1, 0.15) is 22.8 Å². The minimum absolute atomic E-state index is 0.228. The standard InChI is InChI=1S/C18H17ClO3/c1-2-22-18(21)15(12-14-10-6-7-11-16(14)19)17(20)13-8-4-3-5-9-13/h3-11,15H,2,12H2,1H3. The maximum absolute atomic E-state index is 12.6. The number of esters is 1. The fourth-order valence-corrected chi connectivity index (χ4v) is 2.43. The first kappa shape index (κ1) is 16.2. The van der Waals surface area contributed by atoms with E-state index in [0.29, 0.717) is 10.6 Å². The molecule has 2 aromatic rings. The van der Waals surface area contributed by atoms with Gasteiger partial charge in [-0.05, 0) is 25.0 Å².